The Bertz CT molecular complexity index is 209. The topological polar surface area (TPSA) is 45.0 Å². The average molecular weight is 240 g/mol. The third kappa shape index (κ3) is 11.7. The second kappa shape index (κ2) is 10.6. The third-order valence-corrected chi connectivity index (χ3v) is 2.91. The van der Waals surface area contributed by atoms with Gasteiger partial charge in [0.1, 0.15) is 0 Å². The zero-order valence-corrected chi connectivity index (χ0v) is 11.7. The predicted molar refractivity (Wildman–Crippen MR) is 71.8 cm³/mol. The third-order valence-electron chi connectivity index (χ3n) is 2.91. The second-order valence-electron chi connectivity index (χ2n) is 5.26. The van der Waals surface area contributed by atoms with E-state index in [2.05, 4.69) is 11.4 Å². The summed E-state index contributed by atoms with van der Waals surface area (Å²) in [6.07, 6.45) is 6.93. The Balaban J connectivity index is 3.12. The zero-order chi connectivity index (χ0) is 13.0. The van der Waals surface area contributed by atoms with E-state index in [4.69, 9.17) is 10.00 Å². The highest BCUT2D eigenvalue weighted by molar-refractivity contribution is 4.91. The molecule has 0 saturated heterocycles. The van der Waals surface area contributed by atoms with Crippen LogP contribution in [0.4, 0.5) is 0 Å². The lowest BCUT2D eigenvalue weighted by Gasteiger charge is -2.14. The lowest BCUT2D eigenvalue weighted by Crippen LogP contribution is -2.17. The van der Waals surface area contributed by atoms with Crippen LogP contribution in [0.5, 0.6) is 0 Å². The van der Waals surface area contributed by atoms with Gasteiger partial charge < -0.3 is 10.1 Å². The minimum absolute atomic E-state index is 0.153. The van der Waals surface area contributed by atoms with Gasteiger partial charge in [-0.15, -0.1) is 0 Å². The molecule has 0 aliphatic rings. The van der Waals surface area contributed by atoms with Crippen molar-refractivity contribution >= 4 is 0 Å². The van der Waals surface area contributed by atoms with E-state index in [-0.39, 0.29) is 5.41 Å². The molecule has 0 aliphatic heterocycles. The largest absolute Gasteiger partial charge is 0.385 e. The Hall–Kier alpha value is -0.590. The molecule has 3 nitrogen and oxygen atoms in total. The van der Waals surface area contributed by atoms with Crippen molar-refractivity contribution in [1.29, 1.82) is 5.26 Å². The number of nitrogens with one attached hydrogen (secondary N) is 1. The number of methoxy groups -OCH3 is 1. The lowest BCUT2D eigenvalue weighted by molar-refractivity contribution is 0.192. The zero-order valence-electron chi connectivity index (χ0n) is 11.7. The molecule has 100 valence electrons. The molecule has 17 heavy (non-hydrogen) atoms. The van der Waals surface area contributed by atoms with Crippen molar-refractivity contribution in [2.75, 3.05) is 26.8 Å². The molecule has 0 saturated carbocycles. The SMILES string of the molecule is COCCCCCNCCCCC(C)(C)C#N. The maximum Gasteiger partial charge on any atom is 0.0683 e. The van der Waals surface area contributed by atoms with E-state index in [9.17, 15) is 0 Å². The highest BCUT2D eigenvalue weighted by atomic mass is 16.5. The molecular weight excluding hydrogens is 212 g/mol. The van der Waals surface area contributed by atoms with Gasteiger partial charge in [0, 0.05) is 13.7 Å². The minimum atomic E-state index is -0.153. The molecule has 1 N–H and O–H groups in total. The van der Waals surface area contributed by atoms with E-state index in [1.165, 1.54) is 19.3 Å². The number of hydrogen-bond acceptors (Lipinski definition) is 3. The van der Waals surface area contributed by atoms with Gasteiger partial charge in [-0.25, -0.2) is 0 Å². The first-order valence-corrected chi connectivity index (χ1v) is 6.73. The number of ether oxygens (including phenoxy) is 1. The molecule has 0 aromatic heterocycles. The smallest absolute Gasteiger partial charge is 0.0683 e. The fraction of sp³-hybridized carbons (Fsp3) is 0.929. The van der Waals surface area contributed by atoms with Crippen LogP contribution in [0, 0.1) is 16.7 Å². The molecule has 0 aromatic rings. The monoisotopic (exact) mass is 240 g/mol. The van der Waals surface area contributed by atoms with Crippen LogP contribution >= 0.6 is 0 Å². The van der Waals surface area contributed by atoms with Crippen LogP contribution < -0.4 is 5.32 Å². The summed E-state index contributed by atoms with van der Waals surface area (Å²) in [6, 6.07) is 2.34. The molecule has 0 aliphatic carbocycles. The first kappa shape index (κ1) is 16.4. The fourth-order valence-electron chi connectivity index (χ4n) is 1.67. The van der Waals surface area contributed by atoms with Gasteiger partial charge in [0.2, 0.25) is 0 Å². The van der Waals surface area contributed by atoms with E-state index in [0.717, 1.165) is 39.0 Å². The van der Waals surface area contributed by atoms with Gasteiger partial charge in [0.15, 0.2) is 0 Å². The highest BCUT2D eigenvalue weighted by Gasteiger charge is 2.14. The number of rotatable bonds is 11. The maximum absolute atomic E-state index is 8.86. The van der Waals surface area contributed by atoms with Gasteiger partial charge in [-0.3, -0.25) is 0 Å². The molecular formula is C14H28N2O. The van der Waals surface area contributed by atoms with E-state index < -0.39 is 0 Å². The molecule has 0 rings (SSSR count). The summed E-state index contributed by atoms with van der Waals surface area (Å²) in [5.74, 6) is 0. The molecule has 0 fully saturated rings. The maximum atomic E-state index is 8.86. The van der Waals surface area contributed by atoms with Crippen LogP contribution in [0.3, 0.4) is 0 Å². The Kier molecular flexibility index (Phi) is 10.2. The summed E-state index contributed by atoms with van der Waals surface area (Å²) in [6.45, 7) is 7.08. The van der Waals surface area contributed by atoms with Crippen LogP contribution in [-0.4, -0.2) is 26.8 Å². The molecule has 0 amide bonds. The van der Waals surface area contributed by atoms with E-state index >= 15 is 0 Å². The molecule has 3 heteroatoms. The first-order valence-electron chi connectivity index (χ1n) is 6.73. The van der Waals surface area contributed by atoms with Gasteiger partial charge >= 0.3 is 0 Å². The molecule has 0 aromatic carbocycles. The second-order valence-corrected chi connectivity index (χ2v) is 5.26. The van der Waals surface area contributed by atoms with E-state index in [0.29, 0.717) is 0 Å². The Morgan fingerprint density at radius 2 is 1.71 bits per heavy atom. The average Bonchev–Trinajstić information content (AvgIpc) is 2.31. The predicted octanol–water partition coefficient (Wildman–Crippen LogP) is 3.11. The molecule has 0 heterocycles. The summed E-state index contributed by atoms with van der Waals surface area (Å²) in [7, 11) is 1.75. The van der Waals surface area contributed by atoms with Crippen LogP contribution in [0.2, 0.25) is 0 Å². The molecule has 0 spiro atoms. The van der Waals surface area contributed by atoms with Gasteiger partial charge in [-0.05, 0) is 59.0 Å². The van der Waals surface area contributed by atoms with Crippen LogP contribution in [0.1, 0.15) is 52.4 Å². The number of unbranched alkanes of at least 4 members (excludes halogenated alkanes) is 3. The van der Waals surface area contributed by atoms with Crippen molar-refractivity contribution in [3.8, 4) is 6.07 Å². The van der Waals surface area contributed by atoms with Crippen molar-refractivity contribution in [1.82, 2.24) is 5.32 Å². The lowest BCUT2D eigenvalue weighted by atomic mass is 9.89. The Morgan fingerprint density at radius 1 is 1.06 bits per heavy atom. The minimum Gasteiger partial charge on any atom is -0.385 e. The number of nitriles is 1. The normalized spacial score (nSPS) is 11.4. The van der Waals surface area contributed by atoms with Gasteiger partial charge in [0.25, 0.3) is 0 Å². The summed E-state index contributed by atoms with van der Waals surface area (Å²) < 4.78 is 5.00. The van der Waals surface area contributed by atoms with Crippen LogP contribution in [-0.2, 0) is 4.74 Å². The standard InChI is InChI=1S/C14H28N2O/c1-14(2,13-15)9-5-7-11-16-10-6-4-8-12-17-3/h16H,4-12H2,1-3H3. The van der Waals surface area contributed by atoms with Crippen LogP contribution in [0.15, 0.2) is 0 Å². The summed E-state index contributed by atoms with van der Waals surface area (Å²) >= 11 is 0. The first-order chi connectivity index (χ1) is 8.12. The van der Waals surface area contributed by atoms with E-state index in [1.807, 2.05) is 13.8 Å². The Labute approximate surface area is 107 Å². The molecule has 0 atom stereocenters. The quantitative estimate of drug-likeness (QED) is 0.564. The van der Waals surface area contributed by atoms with Gasteiger partial charge in [-0.2, -0.15) is 5.26 Å². The summed E-state index contributed by atoms with van der Waals surface area (Å²) in [4.78, 5) is 0. The van der Waals surface area contributed by atoms with Crippen molar-refractivity contribution in [2.45, 2.75) is 52.4 Å². The van der Waals surface area contributed by atoms with Crippen molar-refractivity contribution in [2.24, 2.45) is 5.41 Å². The van der Waals surface area contributed by atoms with Crippen molar-refractivity contribution in [3.05, 3.63) is 0 Å². The summed E-state index contributed by atoms with van der Waals surface area (Å²) in [5.41, 5.74) is -0.153. The highest BCUT2D eigenvalue weighted by Crippen LogP contribution is 2.21. The molecule has 0 unspecified atom stereocenters. The number of hydrogen-bond donors (Lipinski definition) is 1. The summed E-state index contributed by atoms with van der Waals surface area (Å²) in [5, 5.41) is 12.3. The van der Waals surface area contributed by atoms with Gasteiger partial charge in [0.05, 0.1) is 11.5 Å². The Morgan fingerprint density at radius 3 is 2.29 bits per heavy atom. The van der Waals surface area contributed by atoms with Gasteiger partial charge in [-0.1, -0.05) is 6.42 Å². The molecule has 0 bridgehead atoms. The van der Waals surface area contributed by atoms with E-state index in [1.54, 1.807) is 7.11 Å². The molecule has 0 radical (unpaired) electrons. The number of nitrogens with zero attached hydrogens (tertiary/aromatic N) is 1. The van der Waals surface area contributed by atoms with Crippen LogP contribution in [0.25, 0.3) is 0 Å². The fourth-order valence-corrected chi connectivity index (χ4v) is 1.67. The van der Waals surface area contributed by atoms with Crippen molar-refractivity contribution in [3.63, 3.8) is 0 Å². The van der Waals surface area contributed by atoms with Crippen molar-refractivity contribution < 1.29 is 4.74 Å².